The van der Waals surface area contributed by atoms with E-state index in [1.54, 1.807) is 0 Å². The molecule has 1 aromatic rings. The molecule has 1 saturated carbocycles. The van der Waals surface area contributed by atoms with Gasteiger partial charge in [-0.1, -0.05) is 12.1 Å². The van der Waals surface area contributed by atoms with Gasteiger partial charge in [0.2, 0.25) is 0 Å². The minimum Gasteiger partial charge on any atom is -0.389 e. The zero-order valence-electron chi connectivity index (χ0n) is 9.32. The van der Waals surface area contributed by atoms with Gasteiger partial charge in [0, 0.05) is 16.0 Å². The molecule has 3 heteroatoms. The minimum absolute atomic E-state index is 0.169. The molecule has 1 aromatic carbocycles. The maximum atomic E-state index is 10.5. The van der Waals surface area contributed by atoms with Gasteiger partial charge < -0.3 is 10.8 Å². The Kier molecular flexibility index (Phi) is 3.87. The molecule has 1 aliphatic carbocycles. The van der Waals surface area contributed by atoms with Gasteiger partial charge in [0.05, 0.1) is 5.60 Å². The predicted molar refractivity (Wildman–Crippen MR) is 74.3 cm³/mol. The van der Waals surface area contributed by atoms with Crippen LogP contribution in [0.2, 0.25) is 0 Å². The average Bonchev–Trinajstić information content (AvgIpc) is 2.21. The lowest BCUT2D eigenvalue weighted by Crippen LogP contribution is -2.42. The van der Waals surface area contributed by atoms with Gasteiger partial charge in [0.25, 0.3) is 0 Å². The topological polar surface area (TPSA) is 46.2 Å². The molecule has 1 aliphatic rings. The molecule has 2 rings (SSSR count). The van der Waals surface area contributed by atoms with E-state index in [0.29, 0.717) is 0 Å². The van der Waals surface area contributed by atoms with Gasteiger partial charge in [-0.25, -0.2) is 0 Å². The van der Waals surface area contributed by atoms with E-state index < -0.39 is 5.60 Å². The Morgan fingerprint density at radius 2 is 2.06 bits per heavy atom. The maximum Gasteiger partial charge on any atom is 0.0702 e. The third kappa shape index (κ3) is 3.18. The summed E-state index contributed by atoms with van der Waals surface area (Å²) in [4.78, 5) is 0. The quantitative estimate of drug-likeness (QED) is 0.818. The van der Waals surface area contributed by atoms with E-state index in [1.165, 1.54) is 9.13 Å². The molecule has 0 radical (unpaired) electrons. The van der Waals surface area contributed by atoms with Crippen molar-refractivity contribution in [2.75, 3.05) is 0 Å². The second-order valence-electron chi connectivity index (χ2n) is 4.88. The summed E-state index contributed by atoms with van der Waals surface area (Å²) in [5.41, 5.74) is 6.55. The fourth-order valence-electron chi connectivity index (χ4n) is 2.53. The monoisotopic (exact) mass is 331 g/mol. The van der Waals surface area contributed by atoms with Crippen molar-refractivity contribution in [1.82, 2.24) is 0 Å². The van der Waals surface area contributed by atoms with Gasteiger partial charge in [0.1, 0.15) is 0 Å². The molecule has 0 bridgehead atoms. The maximum absolute atomic E-state index is 10.5. The van der Waals surface area contributed by atoms with E-state index in [1.807, 2.05) is 0 Å². The second-order valence-corrected chi connectivity index (χ2v) is 6.13. The summed E-state index contributed by atoms with van der Waals surface area (Å²) in [7, 11) is 0. The smallest absolute Gasteiger partial charge is 0.0702 e. The summed E-state index contributed by atoms with van der Waals surface area (Å²) in [6.07, 6.45) is 4.44. The summed E-state index contributed by atoms with van der Waals surface area (Å²) in [6, 6.07) is 8.53. The SMILES string of the molecule is NC1CCCC(O)(Cc2ccc(I)cc2)C1. The lowest BCUT2D eigenvalue weighted by molar-refractivity contribution is -0.00190. The molecule has 0 saturated heterocycles. The Morgan fingerprint density at radius 3 is 2.69 bits per heavy atom. The Labute approximate surface area is 110 Å². The molecule has 2 unspecified atom stereocenters. The lowest BCUT2D eigenvalue weighted by Gasteiger charge is -2.35. The van der Waals surface area contributed by atoms with Crippen molar-refractivity contribution in [1.29, 1.82) is 0 Å². The van der Waals surface area contributed by atoms with Crippen LogP contribution in [-0.4, -0.2) is 16.7 Å². The molecule has 2 nitrogen and oxygen atoms in total. The van der Waals surface area contributed by atoms with Crippen molar-refractivity contribution in [3.63, 3.8) is 0 Å². The minimum atomic E-state index is -0.579. The highest BCUT2D eigenvalue weighted by Gasteiger charge is 2.32. The molecule has 0 aromatic heterocycles. The molecule has 0 heterocycles. The van der Waals surface area contributed by atoms with Crippen molar-refractivity contribution >= 4 is 22.6 Å². The predicted octanol–water partition coefficient (Wildman–Crippen LogP) is 2.47. The van der Waals surface area contributed by atoms with Gasteiger partial charge in [0.15, 0.2) is 0 Å². The zero-order valence-corrected chi connectivity index (χ0v) is 11.5. The van der Waals surface area contributed by atoms with E-state index in [9.17, 15) is 5.11 Å². The summed E-state index contributed by atoms with van der Waals surface area (Å²) >= 11 is 2.29. The summed E-state index contributed by atoms with van der Waals surface area (Å²) in [5, 5.41) is 10.5. The van der Waals surface area contributed by atoms with Crippen LogP contribution in [0.15, 0.2) is 24.3 Å². The molecule has 0 amide bonds. The number of rotatable bonds is 2. The van der Waals surface area contributed by atoms with E-state index in [2.05, 4.69) is 46.9 Å². The Hall–Kier alpha value is -0.130. The zero-order chi connectivity index (χ0) is 11.6. The van der Waals surface area contributed by atoms with E-state index in [4.69, 9.17) is 5.73 Å². The normalized spacial score (nSPS) is 30.3. The summed E-state index contributed by atoms with van der Waals surface area (Å²) in [6.45, 7) is 0. The number of halogens is 1. The molecule has 88 valence electrons. The van der Waals surface area contributed by atoms with Gasteiger partial charge in [-0.05, 0) is 66.0 Å². The molecular weight excluding hydrogens is 313 g/mol. The van der Waals surface area contributed by atoms with Crippen molar-refractivity contribution in [3.8, 4) is 0 Å². The Morgan fingerprint density at radius 1 is 1.38 bits per heavy atom. The van der Waals surface area contributed by atoms with Crippen molar-refractivity contribution < 1.29 is 5.11 Å². The number of hydrogen-bond donors (Lipinski definition) is 2. The van der Waals surface area contributed by atoms with Crippen LogP contribution in [0, 0.1) is 3.57 Å². The third-order valence-electron chi connectivity index (χ3n) is 3.31. The third-order valence-corrected chi connectivity index (χ3v) is 4.02. The van der Waals surface area contributed by atoms with Crippen LogP contribution in [0.25, 0.3) is 0 Å². The summed E-state index contributed by atoms with van der Waals surface area (Å²) in [5.74, 6) is 0. The molecule has 2 atom stereocenters. The average molecular weight is 331 g/mol. The number of benzene rings is 1. The lowest BCUT2D eigenvalue weighted by atomic mass is 9.78. The first kappa shape index (κ1) is 12.3. The molecule has 1 fully saturated rings. The number of aliphatic hydroxyl groups is 1. The second kappa shape index (κ2) is 5.02. The number of hydrogen-bond acceptors (Lipinski definition) is 2. The van der Waals surface area contributed by atoms with Crippen LogP contribution in [0.4, 0.5) is 0 Å². The van der Waals surface area contributed by atoms with Gasteiger partial charge in [-0.3, -0.25) is 0 Å². The summed E-state index contributed by atoms with van der Waals surface area (Å²) < 4.78 is 1.23. The van der Waals surface area contributed by atoms with E-state index in [0.717, 1.165) is 32.1 Å². The van der Waals surface area contributed by atoms with Gasteiger partial charge >= 0.3 is 0 Å². The van der Waals surface area contributed by atoms with Crippen LogP contribution < -0.4 is 5.73 Å². The molecule has 3 N–H and O–H groups in total. The highest BCUT2D eigenvalue weighted by Crippen LogP contribution is 2.30. The first-order valence-electron chi connectivity index (χ1n) is 5.80. The Bertz CT molecular complexity index is 351. The van der Waals surface area contributed by atoms with Gasteiger partial charge in [-0.15, -0.1) is 0 Å². The molecule has 0 spiro atoms. The van der Waals surface area contributed by atoms with Crippen LogP contribution in [0.5, 0.6) is 0 Å². The molecule has 16 heavy (non-hydrogen) atoms. The Balaban J connectivity index is 2.05. The molecule has 0 aliphatic heterocycles. The highest BCUT2D eigenvalue weighted by molar-refractivity contribution is 14.1. The fourth-order valence-corrected chi connectivity index (χ4v) is 2.89. The standard InChI is InChI=1S/C13H18INO/c14-11-5-3-10(4-6-11)8-13(16)7-1-2-12(15)9-13/h3-6,12,16H,1-2,7-9,15H2. The van der Waals surface area contributed by atoms with Crippen molar-refractivity contribution in [3.05, 3.63) is 33.4 Å². The van der Waals surface area contributed by atoms with Crippen LogP contribution in [0.1, 0.15) is 31.2 Å². The highest BCUT2D eigenvalue weighted by atomic mass is 127. The van der Waals surface area contributed by atoms with Crippen LogP contribution in [-0.2, 0) is 6.42 Å². The van der Waals surface area contributed by atoms with Crippen LogP contribution >= 0.6 is 22.6 Å². The van der Waals surface area contributed by atoms with Crippen molar-refractivity contribution in [2.24, 2.45) is 5.73 Å². The van der Waals surface area contributed by atoms with Crippen LogP contribution in [0.3, 0.4) is 0 Å². The first-order chi connectivity index (χ1) is 7.57. The first-order valence-corrected chi connectivity index (χ1v) is 6.88. The van der Waals surface area contributed by atoms with Gasteiger partial charge in [-0.2, -0.15) is 0 Å². The molecular formula is C13H18INO. The van der Waals surface area contributed by atoms with E-state index in [-0.39, 0.29) is 6.04 Å². The fraction of sp³-hybridized carbons (Fsp3) is 0.538. The van der Waals surface area contributed by atoms with E-state index >= 15 is 0 Å². The largest absolute Gasteiger partial charge is 0.389 e. The number of nitrogens with two attached hydrogens (primary N) is 1. The van der Waals surface area contributed by atoms with Crippen molar-refractivity contribution in [2.45, 2.75) is 43.7 Å².